The molecule has 0 aromatic carbocycles. The van der Waals surface area contributed by atoms with Crippen molar-refractivity contribution >= 4 is 70.2 Å². The summed E-state index contributed by atoms with van der Waals surface area (Å²) in [4.78, 5) is 47.9. The van der Waals surface area contributed by atoms with Gasteiger partial charge in [-0.25, -0.2) is 19.2 Å². The molecule has 1 N–H and O–H groups in total. The molecule has 0 radical (unpaired) electrons. The van der Waals surface area contributed by atoms with E-state index in [0.717, 1.165) is 26.5 Å². The van der Waals surface area contributed by atoms with Crippen molar-refractivity contribution in [1.29, 1.82) is 0 Å². The average Bonchev–Trinajstić information content (AvgIpc) is 3.70. The molecule has 2 amide bonds. The fourth-order valence-electron chi connectivity index (χ4n) is 4.94. The van der Waals surface area contributed by atoms with Crippen LogP contribution in [0.15, 0.2) is 0 Å². The highest BCUT2D eigenvalue weighted by molar-refractivity contribution is 6.66. The Balaban J connectivity index is 0.000000337. The highest BCUT2D eigenvalue weighted by Crippen LogP contribution is 2.50. The Bertz CT molecular complexity index is 982. The van der Waals surface area contributed by atoms with Gasteiger partial charge in [0.05, 0.1) is 25.8 Å². The lowest BCUT2D eigenvalue weighted by Gasteiger charge is -2.30. The molecule has 2 heterocycles. The lowest BCUT2D eigenvalue weighted by atomic mass is 10.2. The van der Waals surface area contributed by atoms with Crippen LogP contribution >= 0.6 is 46.4 Å². The molecule has 0 unspecified atom stereocenters. The van der Waals surface area contributed by atoms with E-state index in [2.05, 4.69) is 9.47 Å². The van der Waals surface area contributed by atoms with Crippen molar-refractivity contribution in [2.75, 3.05) is 33.4 Å². The van der Waals surface area contributed by atoms with Gasteiger partial charge in [-0.3, -0.25) is 0 Å². The maximum Gasteiger partial charge on any atom is 0.511 e. The summed E-state index contributed by atoms with van der Waals surface area (Å²) in [6.45, 7) is 12.7. The maximum atomic E-state index is 12.0. The number of fused-ring (bicyclic) bond motifs is 2. The molecule has 43 heavy (non-hydrogen) atoms. The van der Waals surface area contributed by atoms with Gasteiger partial charge < -0.3 is 38.6 Å². The fourth-order valence-corrected chi connectivity index (χ4v) is 5.19. The van der Waals surface area contributed by atoms with E-state index in [0.29, 0.717) is 30.2 Å². The van der Waals surface area contributed by atoms with Gasteiger partial charge in [0.2, 0.25) is 0 Å². The molecule has 2 aliphatic carbocycles. The molecule has 0 aromatic rings. The van der Waals surface area contributed by atoms with Crippen molar-refractivity contribution in [1.82, 2.24) is 9.80 Å². The quantitative estimate of drug-likeness (QED) is 0.149. The van der Waals surface area contributed by atoms with E-state index in [1.54, 1.807) is 9.80 Å². The molecule has 250 valence electrons. The minimum Gasteiger partial charge on any atom is -0.451 e. The third-order valence-electron chi connectivity index (χ3n) is 6.78. The van der Waals surface area contributed by atoms with Crippen LogP contribution in [0.3, 0.4) is 0 Å². The van der Waals surface area contributed by atoms with Gasteiger partial charge in [-0.05, 0) is 113 Å². The van der Waals surface area contributed by atoms with Crippen molar-refractivity contribution in [3.63, 3.8) is 0 Å². The molecule has 12 nitrogen and oxygen atoms in total. The SMILES string of the molecule is C.CC(C)(C)OC(=O)N1C[C@H]2C[C@H]2[C@@H]1CO.CC(C)(C)OC(=O)N1C[C@H]2C[C@H]2[C@@H]1COC(=O)Cl.COC(=O)OC(Cl)(Cl)Cl. The van der Waals surface area contributed by atoms with E-state index in [4.69, 9.17) is 60.6 Å². The Morgan fingerprint density at radius 1 is 0.791 bits per heavy atom. The zero-order valence-corrected chi connectivity index (χ0v) is 27.8. The minimum absolute atomic E-state index is 0. The second-order valence-corrected chi connectivity index (χ2v) is 14.9. The zero-order chi connectivity index (χ0) is 32.2. The monoisotopic (exact) mass is 696 g/mol. The summed E-state index contributed by atoms with van der Waals surface area (Å²) in [7, 11) is 1.11. The summed E-state index contributed by atoms with van der Waals surface area (Å²) in [5.74, 6) is 2.07. The second-order valence-electron chi connectivity index (χ2n) is 12.5. The average molecular weight is 698 g/mol. The Hall–Kier alpha value is -1.60. The van der Waals surface area contributed by atoms with Gasteiger partial charge >= 0.3 is 27.7 Å². The van der Waals surface area contributed by atoms with Gasteiger partial charge in [-0.15, -0.1) is 0 Å². The van der Waals surface area contributed by atoms with Crippen molar-refractivity contribution in [2.45, 2.75) is 89.1 Å². The maximum absolute atomic E-state index is 12.0. The van der Waals surface area contributed by atoms with E-state index in [9.17, 15) is 24.3 Å². The second kappa shape index (κ2) is 15.6. The molecule has 4 fully saturated rings. The first-order valence-corrected chi connectivity index (χ1v) is 14.9. The van der Waals surface area contributed by atoms with Crippen LogP contribution in [-0.4, -0.2) is 99.4 Å². The predicted octanol–water partition coefficient (Wildman–Crippen LogP) is 6.58. The first kappa shape index (κ1) is 39.4. The number of amides is 2. The fraction of sp³-hybridized carbons (Fsp3) is 0.852. The largest absolute Gasteiger partial charge is 0.511 e. The molecule has 2 saturated heterocycles. The van der Waals surface area contributed by atoms with Crippen molar-refractivity contribution in [3.05, 3.63) is 0 Å². The number of aliphatic hydroxyl groups is 1. The van der Waals surface area contributed by atoms with Crippen LogP contribution in [0, 0.1) is 23.7 Å². The summed E-state index contributed by atoms with van der Waals surface area (Å²) in [6, 6.07) is -0.0996. The number of halogens is 4. The number of aliphatic hydroxyl groups excluding tert-OH is 1. The van der Waals surface area contributed by atoms with E-state index in [1.807, 2.05) is 41.5 Å². The summed E-state index contributed by atoms with van der Waals surface area (Å²) < 4.78 is 21.4. The van der Waals surface area contributed by atoms with Gasteiger partial charge in [0, 0.05) is 24.7 Å². The Kier molecular flexibility index (Phi) is 14.3. The number of hydrogen-bond donors (Lipinski definition) is 1. The smallest absolute Gasteiger partial charge is 0.451 e. The van der Waals surface area contributed by atoms with Crippen LogP contribution in [-0.2, 0) is 23.7 Å². The Labute approximate surface area is 273 Å². The molecule has 6 atom stereocenters. The normalized spacial score (nSPS) is 26.5. The van der Waals surface area contributed by atoms with E-state index < -0.39 is 26.8 Å². The molecule has 2 aliphatic heterocycles. The topological polar surface area (TPSA) is 141 Å². The number of carbonyl (C=O) groups is 4. The number of rotatable bonds is 3. The standard InChI is InChI=1S/C12H18ClNO4.C11H19NO3.C3H3Cl3O3.CH4/c1-12(2,3)18-11(16)14-5-7-4-8(7)9(14)6-17-10(13)15;1-11(2,3)15-10(14)12-5-7-4-8(7)9(12)6-13;1-8-2(7)9-3(4,5)6;/h7-9H,4-6H2,1-3H3;7-9,13H,4-6H2,1-3H3;1H3;1H4/t2*7-,8-,9+;;/m11../s1. The lowest BCUT2D eigenvalue weighted by Crippen LogP contribution is -2.44. The molecule has 2 saturated carbocycles. The number of carbonyl (C=O) groups excluding carboxylic acids is 4. The molecule has 4 aliphatic rings. The van der Waals surface area contributed by atoms with Gasteiger partial charge in [0.15, 0.2) is 0 Å². The molecular formula is C27H44Cl4N2O10. The molecule has 0 aromatic heterocycles. The number of likely N-dealkylation sites (tertiary alicyclic amines) is 2. The van der Waals surface area contributed by atoms with Crippen LogP contribution in [0.25, 0.3) is 0 Å². The number of nitrogens with zero attached hydrogens (tertiary/aromatic N) is 2. The van der Waals surface area contributed by atoms with Crippen molar-refractivity contribution < 1.29 is 48.0 Å². The third-order valence-corrected chi connectivity index (χ3v) is 7.12. The van der Waals surface area contributed by atoms with Crippen molar-refractivity contribution in [2.24, 2.45) is 23.7 Å². The Morgan fingerprint density at radius 3 is 1.53 bits per heavy atom. The van der Waals surface area contributed by atoms with Crippen LogP contribution < -0.4 is 0 Å². The highest BCUT2D eigenvalue weighted by Gasteiger charge is 2.55. The molecule has 16 heteroatoms. The van der Waals surface area contributed by atoms with E-state index in [-0.39, 0.29) is 44.9 Å². The molecule has 4 rings (SSSR count). The van der Waals surface area contributed by atoms with Crippen LogP contribution in [0.4, 0.5) is 19.2 Å². The molecular weight excluding hydrogens is 654 g/mol. The molecule has 0 spiro atoms. The van der Waals surface area contributed by atoms with Gasteiger partial charge in [-0.1, -0.05) is 7.43 Å². The number of methoxy groups -OCH3 is 1. The van der Waals surface area contributed by atoms with Gasteiger partial charge in [0.25, 0.3) is 0 Å². The lowest BCUT2D eigenvalue weighted by molar-refractivity contribution is 0.0122. The third kappa shape index (κ3) is 13.5. The highest BCUT2D eigenvalue weighted by atomic mass is 35.6. The zero-order valence-electron chi connectivity index (χ0n) is 24.7. The number of alkyl halides is 3. The van der Waals surface area contributed by atoms with E-state index in [1.165, 1.54) is 0 Å². The van der Waals surface area contributed by atoms with Crippen LogP contribution in [0.2, 0.25) is 0 Å². The van der Waals surface area contributed by atoms with Crippen LogP contribution in [0.1, 0.15) is 61.8 Å². The predicted molar refractivity (Wildman–Crippen MR) is 161 cm³/mol. The first-order valence-electron chi connectivity index (χ1n) is 13.4. The summed E-state index contributed by atoms with van der Waals surface area (Å²) in [5, 5.41) is 9.23. The number of piperidine rings is 2. The summed E-state index contributed by atoms with van der Waals surface area (Å²) >= 11 is 20.2. The first-order chi connectivity index (χ1) is 19.2. The minimum atomic E-state index is -2.03. The van der Waals surface area contributed by atoms with E-state index >= 15 is 0 Å². The van der Waals surface area contributed by atoms with Crippen LogP contribution in [0.5, 0.6) is 0 Å². The summed E-state index contributed by atoms with van der Waals surface area (Å²) in [5.41, 5.74) is -1.80. The van der Waals surface area contributed by atoms with Gasteiger partial charge in [0.1, 0.15) is 17.8 Å². The number of ether oxygens (including phenoxy) is 5. The van der Waals surface area contributed by atoms with Gasteiger partial charge in [-0.2, -0.15) is 0 Å². The number of hydrogen-bond acceptors (Lipinski definition) is 10. The van der Waals surface area contributed by atoms with Crippen molar-refractivity contribution in [3.8, 4) is 0 Å². The Morgan fingerprint density at radius 2 is 1.21 bits per heavy atom. The molecule has 0 bridgehead atoms. The summed E-state index contributed by atoms with van der Waals surface area (Å²) in [6.07, 6.45) is 0.586.